The molecule has 3 aromatic heterocycles. The molecule has 0 bridgehead atoms. The van der Waals surface area contributed by atoms with Crippen LogP contribution in [0.25, 0.3) is 11.4 Å². The monoisotopic (exact) mass is 548 g/mol. The summed E-state index contributed by atoms with van der Waals surface area (Å²) >= 11 is 1.07. The van der Waals surface area contributed by atoms with Gasteiger partial charge in [0.1, 0.15) is 16.5 Å². The number of aromatic amines is 1. The molecule has 1 fully saturated rings. The number of thiazole rings is 1. The van der Waals surface area contributed by atoms with Crippen LogP contribution in [0.5, 0.6) is 0 Å². The highest BCUT2D eigenvalue weighted by Gasteiger charge is 2.31. The predicted octanol–water partition coefficient (Wildman–Crippen LogP) is 2.63. The number of nitrogens with zero attached hydrogens (tertiary/aromatic N) is 8. The van der Waals surface area contributed by atoms with Gasteiger partial charge in [-0.15, -0.1) is 10.2 Å². The fourth-order valence-corrected chi connectivity index (χ4v) is 5.98. The third kappa shape index (κ3) is 5.12. The highest BCUT2D eigenvalue weighted by molar-refractivity contribution is 7.17. The van der Waals surface area contributed by atoms with Crippen molar-refractivity contribution >= 4 is 40.0 Å². The summed E-state index contributed by atoms with van der Waals surface area (Å²) in [5, 5.41) is 37.0. The highest BCUT2D eigenvalue weighted by Crippen LogP contribution is 2.37. The summed E-state index contributed by atoms with van der Waals surface area (Å²) in [6, 6.07) is 8.05. The first-order valence-electron chi connectivity index (χ1n) is 12.8. The van der Waals surface area contributed by atoms with Crippen LogP contribution in [0.2, 0.25) is 0 Å². The molecule has 2 aliphatic heterocycles. The Bertz CT molecular complexity index is 1470. The number of aryl methyl sites for hydroxylation is 1. The van der Waals surface area contributed by atoms with Gasteiger partial charge in [-0.2, -0.15) is 15.2 Å². The maximum Gasteiger partial charge on any atom is 0.347 e. The lowest BCUT2D eigenvalue weighted by Gasteiger charge is -2.34. The minimum absolute atomic E-state index is 0.150. The minimum Gasteiger partial charge on any atom is -0.477 e. The number of benzene rings is 1. The van der Waals surface area contributed by atoms with Crippen LogP contribution in [0.4, 0.5) is 22.7 Å². The lowest BCUT2D eigenvalue weighted by atomic mass is 9.98. The number of H-pyrrole nitrogens is 1. The van der Waals surface area contributed by atoms with Gasteiger partial charge in [0.2, 0.25) is 11.8 Å². The van der Waals surface area contributed by atoms with Crippen molar-refractivity contribution in [2.75, 3.05) is 41.4 Å². The molecule has 39 heavy (non-hydrogen) atoms. The molecule has 13 nitrogen and oxygen atoms in total. The van der Waals surface area contributed by atoms with Crippen LogP contribution in [0, 0.1) is 12.8 Å². The van der Waals surface area contributed by atoms with Gasteiger partial charge in [0, 0.05) is 43.9 Å². The molecule has 0 radical (unpaired) electrons. The van der Waals surface area contributed by atoms with Gasteiger partial charge in [-0.3, -0.25) is 5.32 Å². The average molecular weight is 549 g/mol. The molecule has 6 rings (SSSR count). The van der Waals surface area contributed by atoms with Crippen molar-refractivity contribution < 1.29 is 15.0 Å². The molecule has 1 atom stereocenters. The van der Waals surface area contributed by atoms with Crippen LogP contribution in [0.3, 0.4) is 0 Å². The van der Waals surface area contributed by atoms with Gasteiger partial charge >= 0.3 is 5.97 Å². The van der Waals surface area contributed by atoms with Gasteiger partial charge < -0.3 is 20.0 Å². The first-order chi connectivity index (χ1) is 19.0. The maximum atomic E-state index is 11.5. The van der Waals surface area contributed by atoms with E-state index in [2.05, 4.69) is 40.7 Å². The van der Waals surface area contributed by atoms with Crippen molar-refractivity contribution in [3.63, 3.8) is 0 Å². The van der Waals surface area contributed by atoms with Crippen molar-refractivity contribution in [1.82, 2.24) is 35.6 Å². The summed E-state index contributed by atoms with van der Waals surface area (Å²) in [4.78, 5) is 30.3. The Kier molecular flexibility index (Phi) is 6.79. The molecular formula is C25H28N10O3S. The maximum absolute atomic E-state index is 11.5. The highest BCUT2D eigenvalue weighted by atomic mass is 32.1. The summed E-state index contributed by atoms with van der Waals surface area (Å²) < 4.78 is 0. The number of hydrogen-bond acceptors (Lipinski definition) is 12. The van der Waals surface area contributed by atoms with Gasteiger partial charge in [0.05, 0.1) is 5.69 Å². The number of aliphatic hydroxyl groups is 1. The molecule has 0 spiro atoms. The fraction of sp³-hybridized carbons (Fsp3) is 0.400. The zero-order valence-corrected chi connectivity index (χ0v) is 22.1. The summed E-state index contributed by atoms with van der Waals surface area (Å²) in [5.74, 6) is 1.83. The number of carboxylic acid groups (broad SMARTS) is 1. The molecule has 1 saturated heterocycles. The van der Waals surface area contributed by atoms with E-state index >= 15 is 0 Å². The van der Waals surface area contributed by atoms with E-state index in [0.29, 0.717) is 29.1 Å². The van der Waals surface area contributed by atoms with Crippen molar-refractivity contribution in [3.05, 3.63) is 46.0 Å². The Labute approximate surface area is 227 Å². The van der Waals surface area contributed by atoms with Crippen LogP contribution in [0.1, 0.15) is 39.3 Å². The second-order valence-corrected chi connectivity index (χ2v) is 10.8. The Morgan fingerprint density at radius 3 is 2.72 bits per heavy atom. The number of aromatic carboxylic acids is 1. The Balaban J connectivity index is 1.31. The second kappa shape index (κ2) is 10.5. The molecule has 4 N–H and O–H groups in total. The van der Waals surface area contributed by atoms with E-state index in [0.717, 1.165) is 78.6 Å². The van der Waals surface area contributed by atoms with E-state index in [9.17, 15) is 15.0 Å². The molecule has 0 saturated carbocycles. The topological polar surface area (TPSA) is 169 Å². The number of carboxylic acids is 1. The smallest absolute Gasteiger partial charge is 0.347 e. The molecule has 0 aliphatic carbocycles. The van der Waals surface area contributed by atoms with Crippen LogP contribution in [-0.2, 0) is 13.0 Å². The number of hydrogen-bond donors (Lipinski definition) is 4. The van der Waals surface area contributed by atoms with Crippen LogP contribution in [-0.4, -0.2) is 78.0 Å². The van der Waals surface area contributed by atoms with Crippen LogP contribution >= 0.6 is 11.3 Å². The van der Waals surface area contributed by atoms with Gasteiger partial charge in [0.15, 0.2) is 5.13 Å². The van der Waals surface area contributed by atoms with Crippen molar-refractivity contribution in [1.29, 1.82) is 0 Å². The zero-order valence-electron chi connectivity index (χ0n) is 21.3. The predicted molar refractivity (Wildman–Crippen MR) is 146 cm³/mol. The quantitative estimate of drug-likeness (QED) is 0.254. The number of fused-ring (bicyclic) bond motifs is 1. The first-order valence-corrected chi connectivity index (χ1v) is 13.6. The van der Waals surface area contributed by atoms with Gasteiger partial charge in [-0.25, -0.2) is 9.78 Å². The lowest BCUT2D eigenvalue weighted by Crippen LogP contribution is -2.38. The molecule has 0 amide bonds. The summed E-state index contributed by atoms with van der Waals surface area (Å²) in [6.45, 7) is 4.87. The summed E-state index contributed by atoms with van der Waals surface area (Å²) in [6.07, 6.45) is 2.79. The van der Waals surface area contributed by atoms with E-state index < -0.39 is 5.97 Å². The standard InChI is InChI=1S/C25H28N10O3S/c1-14-19(23(37)38)39-25(26-14)29-24-27-21(34-9-2-3-16(12-34)13-36)18-8-10-35(22(18)28-24)11-15-4-6-17(7-5-15)20-30-32-33-31-20/h4-7,16,36H,2-3,8-13H2,1H3,(H,37,38)(H,26,27,28,29)(H,30,31,32,33). The number of anilines is 4. The minimum atomic E-state index is -1.01. The second-order valence-electron chi connectivity index (χ2n) is 9.78. The molecular weight excluding hydrogens is 520 g/mol. The van der Waals surface area contributed by atoms with Crippen LogP contribution in [0.15, 0.2) is 24.3 Å². The number of piperidine rings is 1. The van der Waals surface area contributed by atoms with Gasteiger partial charge in [-0.05, 0) is 42.9 Å². The SMILES string of the molecule is Cc1nc(Nc2nc3c(c(N4CCCC(CO)C4)n2)CCN3Cc2ccc(-c3nn[nH]n3)cc2)sc1C(=O)O. The van der Waals surface area contributed by atoms with Gasteiger partial charge in [-0.1, -0.05) is 35.6 Å². The van der Waals surface area contributed by atoms with E-state index in [4.69, 9.17) is 9.97 Å². The third-order valence-corrected chi connectivity index (χ3v) is 8.17. The van der Waals surface area contributed by atoms with Crippen molar-refractivity contribution in [2.24, 2.45) is 5.92 Å². The lowest BCUT2D eigenvalue weighted by molar-refractivity contribution is 0.0701. The largest absolute Gasteiger partial charge is 0.477 e. The summed E-state index contributed by atoms with van der Waals surface area (Å²) in [5.41, 5.74) is 3.53. The number of carbonyl (C=O) groups is 1. The molecule has 14 heteroatoms. The Hall–Kier alpha value is -4.17. The number of nitrogens with one attached hydrogen (secondary N) is 2. The van der Waals surface area contributed by atoms with E-state index in [1.54, 1.807) is 6.92 Å². The number of aliphatic hydroxyl groups excluding tert-OH is 1. The van der Waals surface area contributed by atoms with E-state index in [1.165, 1.54) is 0 Å². The molecule has 2 aliphatic rings. The average Bonchev–Trinajstić information content (AvgIpc) is 3.70. The summed E-state index contributed by atoms with van der Waals surface area (Å²) in [7, 11) is 0. The molecule has 202 valence electrons. The molecule has 5 heterocycles. The number of rotatable bonds is 8. The normalized spacial score (nSPS) is 16.9. The van der Waals surface area contributed by atoms with Crippen molar-refractivity contribution in [3.8, 4) is 11.4 Å². The first kappa shape index (κ1) is 25.1. The van der Waals surface area contributed by atoms with Crippen molar-refractivity contribution in [2.45, 2.75) is 32.7 Å². The zero-order chi connectivity index (χ0) is 26.9. The third-order valence-electron chi connectivity index (χ3n) is 7.11. The Morgan fingerprint density at radius 2 is 2.00 bits per heavy atom. The van der Waals surface area contributed by atoms with E-state index in [1.807, 2.05) is 24.3 Å². The van der Waals surface area contributed by atoms with Crippen LogP contribution < -0.4 is 15.1 Å². The molecule has 4 aromatic rings. The molecule has 1 unspecified atom stereocenters. The van der Waals surface area contributed by atoms with E-state index in [-0.39, 0.29) is 17.4 Å². The number of aromatic nitrogens is 7. The molecule has 1 aromatic carbocycles. The Morgan fingerprint density at radius 1 is 1.18 bits per heavy atom. The number of tetrazole rings is 1. The fourth-order valence-electron chi connectivity index (χ4n) is 5.18. The van der Waals surface area contributed by atoms with Gasteiger partial charge in [0.25, 0.3) is 0 Å².